The van der Waals surface area contributed by atoms with Crippen LogP contribution in [0.15, 0.2) is 22.8 Å². The van der Waals surface area contributed by atoms with E-state index >= 15 is 0 Å². The molecule has 0 bridgehead atoms. The smallest absolute Gasteiger partial charge is 0.334 e. The first kappa shape index (κ1) is 23.6. The first-order valence-corrected chi connectivity index (χ1v) is 13.1. The van der Waals surface area contributed by atoms with Crippen molar-refractivity contribution < 1.29 is 24.9 Å². The molecular weight excluding hydrogens is 416 g/mol. The molecule has 1 heterocycles. The number of carbonyl (C=O) groups excluding carboxylic acids is 1. The lowest BCUT2D eigenvalue weighted by molar-refractivity contribution is -0.183. The third-order valence-electron chi connectivity index (χ3n) is 11.2. The van der Waals surface area contributed by atoms with Crippen molar-refractivity contribution in [2.24, 2.45) is 34.5 Å². The number of aliphatic hydroxyl groups is 3. The Hall–Kier alpha value is -1.17. The minimum Gasteiger partial charge on any atom is -0.456 e. The number of cyclic esters (lactones) is 1. The third-order valence-corrected chi connectivity index (χ3v) is 11.2. The van der Waals surface area contributed by atoms with Crippen molar-refractivity contribution >= 4 is 5.97 Å². The van der Waals surface area contributed by atoms with Crippen LogP contribution in [0.2, 0.25) is 0 Å². The van der Waals surface area contributed by atoms with Gasteiger partial charge >= 0.3 is 5.97 Å². The molecule has 3 saturated carbocycles. The van der Waals surface area contributed by atoms with E-state index in [9.17, 15) is 20.1 Å². The fraction of sp³-hybridized carbons (Fsp3) is 0.821. The van der Waals surface area contributed by atoms with Crippen LogP contribution in [0, 0.1) is 34.5 Å². The summed E-state index contributed by atoms with van der Waals surface area (Å²) < 4.78 is 5.78. The summed E-state index contributed by atoms with van der Waals surface area (Å²) in [5, 5.41) is 33.3. The van der Waals surface area contributed by atoms with Crippen molar-refractivity contribution in [2.75, 3.05) is 0 Å². The molecule has 5 heteroatoms. The minimum atomic E-state index is -1.07. The molecule has 0 saturated heterocycles. The Morgan fingerprint density at radius 3 is 2.52 bits per heavy atom. The Bertz CT molecular complexity index is 902. The molecule has 1 aliphatic heterocycles. The van der Waals surface area contributed by atoms with Crippen LogP contribution in [-0.2, 0) is 9.53 Å². The van der Waals surface area contributed by atoms with Crippen LogP contribution in [0.25, 0.3) is 0 Å². The topological polar surface area (TPSA) is 87.0 Å². The van der Waals surface area contributed by atoms with E-state index in [1.54, 1.807) is 6.92 Å². The van der Waals surface area contributed by atoms with E-state index in [1.807, 2.05) is 13.8 Å². The van der Waals surface area contributed by atoms with Gasteiger partial charge in [0.1, 0.15) is 11.7 Å². The monoisotopic (exact) mass is 458 g/mol. The van der Waals surface area contributed by atoms with Crippen molar-refractivity contribution in [1.82, 2.24) is 0 Å². The number of hydrogen-bond acceptors (Lipinski definition) is 5. The quantitative estimate of drug-likeness (QED) is 0.424. The molecule has 0 aromatic heterocycles. The maximum absolute atomic E-state index is 12.4. The Morgan fingerprint density at radius 2 is 1.82 bits per heavy atom. The molecule has 5 nitrogen and oxygen atoms in total. The number of rotatable bonds is 2. The van der Waals surface area contributed by atoms with Gasteiger partial charge in [-0.1, -0.05) is 31.1 Å². The maximum atomic E-state index is 12.4. The van der Waals surface area contributed by atoms with Crippen LogP contribution >= 0.6 is 0 Å². The lowest BCUT2D eigenvalue weighted by Gasteiger charge is -2.60. The molecule has 0 radical (unpaired) electrons. The van der Waals surface area contributed by atoms with Crippen molar-refractivity contribution in [3.8, 4) is 0 Å². The van der Waals surface area contributed by atoms with Gasteiger partial charge in [0.05, 0.1) is 12.2 Å². The average Bonchev–Trinajstić information content (AvgIpc) is 3.10. The second kappa shape index (κ2) is 7.66. The van der Waals surface area contributed by atoms with E-state index in [0.29, 0.717) is 42.6 Å². The number of aliphatic hydroxyl groups excluding tert-OH is 2. The number of esters is 1. The second-order valence-electron chi connectivity index (χ2n) is 12.6. The average molecular weight is 459 g/mol. The number of carbonyl (C=O) groups is 1. The summed E-state index contributed by atoms with van der Waals surface area (Å²) >= 11 is 0. The number of ether oxygens (including phenoxy) is 1. The van der Waals surface area contributed by atoms with Crippen molar-refractivity contribution in [2.45, 2.75) is 110 Å². The van der Waals surface area contributed by atoms with Gasteiger partial charge in [-0.3, -0.25) is 0 Å². The maximum Gasteiger partial charge on any atom is 0.334 e. The molecule has 0 spiro atoms. The molecule has 5 rings (SSSR count). The summed E-state index contributed by atoms with van der Waals surface area (Å²) in [5.74, 6) is 1.18. The predicted octanol–water partition coefficient (Wildman–Crippen LogP) is 4.30. The molecule has 5 aliphatic rings. The van der Waals surface area contributed by atoms with Crippen molar-refractivity contribution in [3.05, 3.63) is 22.8 Å². The Morgan fingerprint density at radius 1 is 1.09 bits per heavy atom. The first-order valence-electron chi connectivity index (χ1n) is 13.1. The summed E-state index contributed by atoms with van der Waals surface area (Å²) in [6.07, 6.45) is 7.74. The number of allylic oxidation sites excluding steroid dienone is 1. The zero-order valence-electron chi connectivity index (χ0n) is 20.9. The van der Waals surface area contributed by atoms with Gasteiger partial charge in [0, 0.05) is 23.8 Å². The first-order chi connectivity index (χ1) is 15.4. The number of fused-ring (bicyclic) bond motifs is 5. The van der Waals surface area contributed by atoms with Gasteiger partial charge < -0.3 is 20.1 Å². The highest BCUT2D eigenvalue weighted by molar-refractivity contribution is 5.89. The highest BCUT2D eigenvalue weighted by atomic mass is 16.6. The van der Waals surface area contributed by atoms with Crippen LogP contribution in [-0.4, -0.2) is 45.2 Å². The molecule has 0 aromatic carbocycles. The zero-order chi connectivity index (χ0) is 23.9. The van der Waals surface area contributed by atoms with E-state index < -0.39 is 23.9 Å². The van der Waals surface area contributed by atoms with Gasteiger partial charge in [0.15, 0.2) is 0 Å². The van der Waals surface area contributed by atoms with Gasteiger partial charge in [-0.05, 0) is 88.4 Å². The Kier molecular flexibility index (Phi) is 5.47. The molecule has 3 N–H and O–H groups in total. The SMILES string of the molecule is CC1=C(C)C(=O)O[C@@H]([C@](C)(O)[C@H]2CC[C@H]3[C@@H]4CC=C5C[C@@H](O)C[C@H](O)[C@]5(C)[C@H]4CC[C@]23C)C1. The molecule has 184 valence electrons. The Balaban J connectivity index is 1.43. The standard InChI is InChI=1S/C28H42O5/c1-15-12-24(33-25(31)16(15)2)28(5,32)22-9-8-20-19-7-6-17-13-18(29)14-23(30)27(17,4)21(19)10-11-26(20,22)3/h6,18-24,29-30,32H,7-14H2,1-5H3/t18-,19+,20+,21+,22+,23+,24-,26+,27+,28-/m1/s1. The van der Waals surface area contributed by atoms with E-state index in [2.05, 4.69) is 19.9 Å². The normalized spacial score (nSPS) is 49.4. The molecule has 0 aromatic rings. The summed E-state index contributed by atoms with van der Waals surface area (Å²) in [4.78, 5) is 12.4. The predicted molar refractivity (Wildman–Crippen MR) is 126 cm³/mol. The van der Waals surface area contributed by atoms with Crippen molar-refractivity contribution in [3.63, 3.8) is 0 Å². The van der Waals surface area contributed by atoms with Crippen LogP contribution in [0.1, 0.15) is 86.0 Å². The van der Waals surface area contributed by atoms with Gasteiger partial charge in [-0.25, -0.2) is 4.79 Å². The molecular formula is C28H42O5. The van der Waals surface area contributed by atoms with Gasteiger partial charge in [0.25, 0.3) is 0 Å². The van der Waals surface area contributed by atoms with E-state index in [4.69, 9.17) is 4.74 Å². The summed E-state index contributed by atoms with van der Waals surface area (Å²) in [6.45, 7) is 10.3. The Labute approximate surface area is 198 Å². The largest absolute Gasteiger partial charge is 0.456 e. The van der Waals surface area contributed by atoms with Gasteiger partial charge in [0.2, 0.25) is 0 Å². The highest BCUT2D eigenvalue weighted by Crippen LogP contribution is 2.68. The lowest BCUT2D eigenvalue weighted by Crippen LogP contribution is -2.58. The number of hydrogen-bond donors (Lipinski definition) is 3. The second-order valence-corrected chi connectivity index (χ2v) is 12.6. The molecule has 4 aliphatic carbocycles. The van der Waals surface area contributed by atoms with E-state index in [1.165, 1.54) is 5.57 Å². The molecule has 33 heavy (non-hydrogen) atoms. The fourth-order valence-electron chi connectivity index (χ4n) is 9.08. The summed E-state index contributed by atoms with van der Waals surface area (Å²) in [5.41, 5.74) is 1.62. The highest BCUT2D eigenvalue weighted by Gasteiger charge is 2.64. The van der Waals surface area contributed by atoms with Crippen molar-refractivity contribution in [1.29, 1.82) is 0 Å². The molecule has 10 atom stereocenters. The van der Waals surface area contributed by atoms with Crippen LogP contribution in [0.5, 0.6) is 0 Å². The molecule has 3 fully saturated rings. The lowest BCUT2D eigenvalue weighted by atomic mass is 9.46. The third kappa shape index (κ3) is 3.25. The van der Waals surface area contributed by atoms with Gasteiger partial charge in [-0.2, -0.15) is 0 Å². The summed E-state index contributed by atoms with van der Waals surface area (Å²) in [7, 11) is 0. The fourth-order valence-corrected chi connectivity index (χ4v) is 9.08. The zero-order valence-corrected chi connectivity index (χ0v) is 20.9. The van der Waals surface area contributed by atoms with E-state index in [-0.39, 0.29) is 22.7 Å². The van der Waals surface area contributed by atoms with Crippen LogP contribution in [0.3, 0.4) is 0 Å². The molecule has 0 amide bonds. The van der Waals surface area contributed by atoms with E-state index in [0.717, 1.165) is 37.7 Å². The molecule has 0 unspecified atom stereocenters. The summed E-state index contributed by atoms with van der Waals surface area (Å²) in [6, 6.07) is 0. The van der Waals surface area contributed by atoms with Crippen LogP contribution in [0.4, 0.5) is 0 Å². The minimum absolute atomic E-state index is 0.0119. The van der Waals surface area contributed by atoms with Crippen LogP contribution < -0.4 is 0 Å². The van der Waals surface area contributed by atoms with Gasteiger partial charge in [-0.15, -0.1) is 0 Å².